The first-order chi connectivity index (χ1) is 11.5. The van der Waals surface area contributed by atoms with Gasteiger partial charge in [0.2, 0.25) is 11.8 Å². The average Bonchev–Trinajstić information content (AvgIpc) is 3.13. The van der Waals surface area contributed by atoms with Crippen molar-refractivity contribution in [3.63, 3.8) is 0 Å². The van der Waals surface area contributed by atoms with Crippen LogP contribution in [-0.4, -0.2) is 33.1 Å². The minimum Gasteiger partial charge on any atom is -0.338 e. The van der Waals surface area contributed by atoms with Crippen LogP contribution in [0.25, 0.3) is 0 Å². The maximum absolute atomic E-state index is 12.7. The predicted octanol–water partition coefficient (Wildman–Crippen LogP) is 2.59. The first kappa shape index (κ1) is 16.8. The Kier molecular flexibility index (Phi) is 4.80. The minimum atomic E-state index is -1.04. The maximum Gasteiger partial charge on any atom is 0.239 e. The van der Waals surface area contributed by atoms with E-state index in [1.54, 1.807) is 11.2 Å². The molecule has 3 rings (SSSR count). The zero-order chi connectivity index (χ0) is 17.3. The molecule has 2 atom stereocenters. The lowest BCUT2D eigenvalue weighted by Gasteiger charge is -2.17. The SMILES string of the molecule is CC(C)c1ccc(N2CCC(c3nc(CS(C)=O)no3)C2=O)cc1. The molecule has 1 aliphatic heterocycles. The lowest BCUT2D eigenvalue weighted by Crippen LogP contribution is -2.26. The second-order valence-corrected chi connectivity index (χ2v) is 7.78. The summed E-state index contributed by atoms with van der Waals surface area (Å²) in [6.07, 6.45) is 2.22. The number of aromatic nitrogens is 2. The molecule has 0 bridgehead atoms. The van der Waals surface area contributed by atoms with Crippen molar-refractivity contribution in [2.75, 3.05) is 17.7 Å². The monoisotopic (exact) mass is 347 g/mol. The van der Waals surface area contributed by atoms with Crippen LogP contribution in [0.5, 0.6) is 0 Å². The van der Waals surface area contributed by atoms with E-state index < -0.39 is 16.7 Å². The molecule has 1 amide bonds. The quantitative estimate of drug-likeness (QED) is 0.831. The third kappa shape index (κ3) is 3.40. The summed E-state index contributed by atoms with van der Waals surface area (Å²) in [5.74, 6) is 0.966. The second kappa shape index (κ2) is 6.84. The molecule has 2 unspecified atom stereocenters. The predicted molar refractivity (Wildman–Crippen MR) is 92.3 cm³/mol. The summed E-state index contributed by atoms with van der Waals surface area (Å²) in [6.45, 7) is 4.91. The van der Waals surface area contributed by atoms with Crippen molar-refractivity contribution in [1.29, 1.82) is 0 Å². The lowest BCUT2D eigenvalue weighted by atomic mass is 10.0. The van der Waals surface area contributed by atoms with E-state index >= 15 is 0 Å². The summed E-state index contributed by atoms with van der Waals surface area (Å²) in [7, 11) is -1.04. The highest BCUT2D eigenvalue weighted by Crippen LogP contribution is 2.32. The van der Waals surface area contributed by atoms with Crippen LogP contribution in [0.1, 0.15) is 49.4 Å². The number of hydrogen-bond donors (Lipinski definition) is 0. The molecule has 1 aromatic carbocycles. The molecule has 0 saturated carbocycles. The molecular weight excluding hydrogens is 326 g/mol. The molecule has 0 spiro atoms. The molecular formula is C17H21N3O3S. The van der Waals surface area contributed by atoms with Crippen LogP contribution < -0.4 is 4.90 Å². The van der Waals surface area contributed by atoms with Crippen molar-refractivity contribution in [3.8, 4) is 0 Å². The minimum absolute atomic E-state index is 0.0277. The number of rotatable bonds is 5. The molecule has 7 heteroatoms. The summed E-state index contributed by atoms with van der Waals surface area (Å²) < 4.78 is 16.4. The molecule has 128 valence electrons. The molecule has 0 N–H and O–H groups in total. The van der Waals surface area contributed by atoms with Gasteiger partial charge in [0.15, 0.2) is 5.82 Å². The Balaban J connectivity index is 1.75. The first-order valence-electron chi connectivity index (χ1n) is 7.99. The second-order valence-electron chi connectivity index (χ2n) is 6.34. The Morgan fingerprint density at radius 2 is 2.04 bits per heavy atom. The normalized spacial score (nSPS) is 19.2. The third-order valence-corrected chi connectivity index (χ3v) is 4.86. The fraction of sp³-hybridized carbons (Fsp3) is 0.471. The number of hydrogen-bond acceptors (Lipinski definition) is 5. The van der Waals surface area contributed by atoms with Crippen LogP contribution in [0.3, 0.4) is 0 Å². The van der Waals surface area contributed by atoms with Gasteiger partial charge in [0, 0.05) is 29.3 Å². The Labute approximate surface area is 143 Å². The largest absolute Gasteiger partial charge is 0.338 e. The molecule has 0 radical (unpaired) electrons. The molecule has 1 aromatic heterocycles. The Morgan fingerprint density at radius 3 is 2.67 bits per heavy atom. The van der Waals surface area contributed by atoms with Gasteiger partial charge in [0.1, 0.15) is 5.92 Å². The highest BCUT2D eigenvalue weighted by Gasteiger charge is 2.37. The third-order valence-electron chi connectivity index (χ3n) is 4.19. The number of amides is 1. The fourth-order valence-corrected chi connectivity index (χ4v) is 3.33. The number of anilines is 1. The molecule has 1 fully saturated rings. The van der Waals surface area contributed by atoms with E-state index in [4.69, 9.17) is 4.52 Å². The van der Waals surface area contributed by atoms with E-state index in [-0.39, 0.29) is 11.7 Å². The van der Waals surface area contributed by atoms with Crippen molar-refractivity contribution >= 4 is 22.4 Å². The van der Waals surface area contributed by atoms with Crippen molar-refractivity contribution < 1.29 is 13.5 Å². The zero-order valence-corrected chi connectivity index (χ0v) is 14.9. The molecule has 2 aromatic rings. The van der Waals surface area contributed by atoms with Crippen LogP contribution in [-0.2, 0) is 21.3 Å². The molecule has 1 aliphatic rings. The highest BCUT2D eigenvalue weighted by molar-refractivity contribution is 7.83. The van der Waals surface area contributed by atoms with E-state index in [2.05, 4.69) is 36.1 Å². The van der Waals surface area contributed by atoms with Gasteiger partial charge in [-0.2, -0.15) is 4.98 Å². The lowest BCUT2D eigenvalue weighted by molar-refractivity contribution is -0.118. The summed E-state index contributed by atoms with van der Waals surface area (Å²) in [6, 6.07) is 8.08. The van der Waals surface area contributed by atoms with Gasteiger partial charge < -0.3 is 9.42 Å². The summed E-state index contributed by atoms with van der Waals surface area (Å²) in [5, 5.41) is 3.81. The van der Waals surface area contributed by atoms with Crippen LogP contribution in [0.2, 0.25) is 0 Å². The van der Waals surface area contributed by atoms with Gasteiger partial charge in [-0.3, -0.25) is 9.00 Å². The Hall–Kier alpha value is -2.02. The molecule has 1 saturated heterocycles. The zero-order valence-electron chi connectivity index (χ0n) is 14.1. The molecule has 24 heavy (non-hydrogen) atoms. The smallest absolute Gasteiger partial charge is 0.239 e. The highest BCUT2D eigenvalue weighted by atomic mass is 32.2. The first-order valence-corrected chi connectivity index (χ1v) is 9.72. The van der Waals surface area contributed by atoms with Crippen molar-refractivity contribution in [3.05, 3.63) is 41.5 Å². The summed E-state index contributed by atoms with van der Waals surface area (Å²) >= 11 is 0. The number of benzene rings is 1. The average molecular weight is 347 g/mol. The van der Waals surface area contributed by atoms with E-state index in [9.17, 15) is 9.00 Å². The maximum atomic E-state index is 12.7. The number of carbonyl (C=O) groups is 1. The number of nitrogens with zero attached hydrogens (tertiary/aromatic N) is 3. The van der Waals surface area contributed by atoms with Crippen molar-refractivity contribution in [2.24, 2.45) is 0 Å². The van der Waals surface area contributed by atoms with Gasteiger partial charge in [-0.25, -0.2) is 0 Å². The van der Waals surface area contributed by atoms with E-state index in [0.29, 0.717) is 30.6 Å². The van der Waals surface area contributed by atoms with Gasteiger partial charge in [-0.05, 0) is 30.0 Å². The number of carbonyl (C=O) groups excluding carboxylic acids is 1. The molecule has 2 heterocycles. The fourth-order valence-electron chi connectivity index (χ4n) is 2.85. The van der Waals surface area contributed by atoms with Crippen molar-refractivity contribution in [2.45, 2.75) is 37.9 Å². The van der Waals surface area contributed by atoms with Crippen molar-refractivity contribution in [1.82, 2.24) is 10.1 Å². The standard InChI is InChI=1S/C17H21N3O3S/c1-11(2)12-4-6-13(7-5-12)20-9-8-14(17(20)21)16-18-15(19-23-16)10-24(3)22/h4-7,11,14H,8-10H2,1-3H3. The Morgan fingerprint density at radius 1 is 1.33 bits per heavy atom. The Bertz CT molecular complexity index is 755. The summed E-state index contributed by atoms with van der Waals surface area (Å²) in [4.78, 5) is 18.7. The van der Waals surface area contributed by atoms with E-state index in [1.165, 1.54) is 5.56 Å². The van der Waals surface area contributed by atoms with Crippen LogP contribution in [0.4, 0.5) is 5.69 Å². The van der Waals surface area contributed by atoms with Crippen LogP contribution >= 0.6 is 0 Å². The molecule has 6 nitrogen and oxygen atoms in total. The van der Waals surface area contributed by atoms with Gasteiger partial charge in [-0.15, -0.1) is 0 Å². The van der Waals surface area contributed by atoms with Gasteiger partial charge in [0.05, 0.1) is 5.75 Å². The van der Waals surface area contributed by atoms with Crippen LogP contribution in [0.15, 0.2) is 28.8 Å². The van der Waals surface area contributed by atoms with Gasteiger partial charge >= 0.3 is 0 Å². The van der Waals surface area contributed by atoms with Gasteiger partial charge in [-0.1, -0.05) is 31.1 Å². The van der Waals surface area contributed by atoms with E-state index in [1.807, 2.05) is 12.1 Å². The van der Waals surface area contributed by atoms with Crippen LogP contribution in [0, 0.1) is 0 Å². The van der Waals surface area contributed by atoms with E-state index in [0.717, 1.165) is 5.69 Å². The molecule has 0 aliphatic carbocycles. The topological polar surface area (TPSA) is 76.3 Å². The summed E-state index contributed by atoms with van der Waals surface area (Å²) in [5.41, 5.74) is 2.14. The van der Waals surface area contributed by atoms with Gasteiger partial charge in [0.25, 0.3) is 0 Å².